The lowest BCUT2D eigenvalue weighted by Crippen LogP contribution is -2.48. The summed E-state index contributed by atoms with van der Waals surface area (Å²) in [6.45, 7) is 8.09. The largest absolute Gasteiger partial charge is 0.444 e. The van der Waals surface area contributed by atoms with Gasteiger partial charge in [-0.05, 0) is 52.4 Å². The number of unbranched alkanes of at least 4 members (excludes halogenated alkanes) is 1. The summed E-state index contributed by atoms with van der Waals surface area (Å²) in [5.41, 5.74) is -0.379. The number of hydrogen-bond acceptors (Lipinski definition) is 2. The Kier molecular flexibility index (Phi) is 4.42. The molecule has 2 rings (SSSR count). The zero-order valence-electron chi connectivity index (χ0n) is 12.9. The highest BCUT2D eigenvalue weighted by Crippen LogP contribution is 2.41. The fourth-order valence-electron chi connectivity index (χ4n) is 3.63. The summed E-state index contributed by atoms with van der Waals surface area (Å²) in [6, 6.07) is 0.880. The maximum absolute atomic E-state index is 12.3. The van der Waals surface area contributed by atoms with Crippen molar-refractivity contribution in [2.75, 3.05) is 0 Å². The van der Waals surface area contributed by atoms with Crippen LogP contribution in [-0.2, 0) is 4.74 Å². The number of amides is 1. The van der Waals surface area contributed by atoms with Gasteiger partial charge in [0.05, 0.1) is 0 Å². The summed E-state index contributed by atoms with van der Waals surface area (Å²) < 4.78 is 5.56. The van der Waals surface area contributed by atoms with Crippen LogP contribution in [0.15, 0.2) is 0 Å². The van der Waals surface area contributed by atoms with Crippen LogP contribution in [0.2, 0.25) is 0 Å². The Bertz CT molecular complexity index is 307. The number of rotatable bonds is 3. The molecule has 1 amide bonds. The molecule has 2 unspecified atom stereocenters. The quantitative estimate of drug-likeness (QED) is 0.760. The fraction of sp³-hybridized carbons (Fsp3) is 0.938. The highest BCUT2D eigenvalue weighted by atomic mass is 16.6. The van der Waals surface area contributed by atoms with Gasteiger partial charge in [-0.2, -0.15) is 0 Å². The van der Waals surface area contributed by atoms with Gasteiger partial charge in [-0.3, -0.25) is 0 Å². The summed E-state index contributed by atoms with van der Waals surface area (Å²) >= 11 is 0. The van der Waals surface area contributed by atoms with Crippen molar-refractivity contribution in [3.05, 3.63) is 0 Å². The van der Waals surface area contributed by atoms with E-state index in [1.807, 2.05) is 25.7 Å². The first-order valence-electron chi connectivity index (χ1n) is 7.92. The predicted octanol–water partition coefficient (Wildman–Crippen LogP) is 4.35. The molecule has 3 nitrogen and oxygen atoms in total. The Hall–Kier alpha value is -0.730. The summed E-state index contributed by atoms with van der Waals surface area (Å²) in [7, 11) is 0. The van der Waals surface area contributed by atoms with Gasteiger partial charge in [-0.1, -0.05) is 26.2 Å². The van der Waals surface area contributed by atoms with Gasteiger partial charge >= 0.3 is 6.09 Å². The molecule has 19 heavy (non-hydrogen) atoms. The van der Waals surface area contributed by atoms with Gasteiger partial charge in [-0.25, -0.2) is 4.79 Å². The molecule has 2 saturated heterocycles. The molecular formula is C16H29NO2. The van der Waals surface area contributed by atoms with Crippen molar-refractivity contribution in [2.45, 2.75) is 90.3 Å². The second-order valence-corrected chi connectivity index (χ2v) is 7.25. The number of fused-ring (bicyclic) bond motifs is 2. The van der Waals surface area contributed by atoms with E-state index in [-0.39, 0.29) is 11.7 Å². The fourth-order valence-corrected chi connectivity index (χ4v) is 3.63. The van der Waals surface area contributed by atoms with E-state index in [4.69, 9.17) is 4.74 Å². The SMILES string of the molecule is CCCCC1CC2CCC(C1)N2C(=O)OC(C)(C)C. The van der Waals surface area contributed by atoms with E-state index in [0.717, 1.165) is 5.92 Å². The Morgan fingerprint density at radius 3 is 2.26 bits per heavy atom. The lowest BCUT2D eigenvalue weighted by molar-refractivity contribution is 0.00153. The maximum atomic E-state index is 12.3. The van der Waals surface area contributed by atoms with Crippen LogP contribution >= 0.6 is 0 Å². The molecule has 0 radical (unpaired) electrons. The van der Waals surface area contributed by atoms with Crippen molar-refractivity contribution in [3.63, 3.8) is 0 Å². The van der Waals surface area contributed by atoms with Gasteiger partial charge in [0.25, 0.3) is 0 Å². The summed E-state index contributed by atoms with van der Waals surface area (Å²) in [4.78, 5) is 14.3. The van der Waals surface area contributed by atoms with E-state index < -0.39 is 0 Å². The number of piperidine rings is 1. The third-order valence-electron chi connectivity index (χ3n) is 4.40. The van der Waals surface area contributed by atoms with E-state index in [1.165, 1.54) is 44.9 Å². The van der Waals surface area contributed by atoms with Gasteiger partial charge in [-0.15, -0.1) is 0 Å². The molecule has 0 aromatic heterocycles. The maximum Gasteiger partial charge on any atom is 0.410 e. The second-order valence-electron chi connectivity index (χ2n) is 7.25. The van der Waals surface area contributed by atoms with Crippen LogP contribution in [0.4, 0.5) is 4.79 Å². The zero-order valence-corrected chi connectivity index (χ0v) is 12.9. The lowest BCUT2D eigenvalue weighted by Gasteiger charge is -2.39. The molecule has 0 aromatic carbocycles. The molecule has 3 heteroatoms. The van der Waals surface area contributed by atoms with Gasteiger partial charge in [0.1, 0.15) is 5.60 Å². The van der Waals surface area contributed by atoms with Crippen molar-refractivity contribution in [3.8, 4) is 0 Å². The third-order valence-corrected chi connectivity index (χ3v) is 4.40. The van der Waals surface area contributed by atoms with Gasteiger partial charge in [0, 0.05) is 12.1 Å². The molecular weight excluding hydrogens is 238 g/mol. The predicted molar refractivity (Wildman–Crippen MR) is 77.1 cm³/mol. The molecule has 0 spiro atoms. The minimum atomic E-state index is -0.379. The first-order chi connectivity index (χ1) is 8.90. The van der Waals surface area contributed by atoms with Crippen LogP contribution in [0.1, 0.15) is 72.6 Å². The van der Waals surface area contributed by atoms with E-state index in [2.05, 4.69) is 6.92 Å². The Morgan fingerprint density at radius 1 is 1.21 bits per heavy atom. The van der Waals surface area contributed by atoms with Crippen LogP contribution < -0.4 is 0 Å². The minimum Gasteiger partial charge on any atom is -0.444 e. The van der Waals surface area contributed by atoms with Crippen LogP contribution in [0.3, 0.4) is 0 Å². The smallest absolute Gasteiger partial charge is 0.410 e. The van der Waals surface area contributed by atoms with Crippen molar-refractivity contribution in [1.82, 2.24) is 4.90 Å². The molecule has 0 aliphatic carbocycles. The molecule has 110 valence electrons. The number of hydrogen-bond donors (Lipinski definition) is 0. The number of ether oxygens (including phenoxy) is 1. The molecule has 0 saturated carbocycles. The lowest BCUT2D eigenvalue weighted by atomic mass is 9.87. The molecule has 0 aromatic rings. The average molecular weight is 267 g/mol. The van der Waals surface area contributed by atoms with Crippen molar-refractivity contribution in [1.29, 1.82) is 0 Å². The van der Waals surface area contributed by atoms with E-state index in [9.17, 15) is 4.79 Å². The molecule has 2 fully saturated rings. The third kappa shape index (κ3) is 3.64. The van der Waals surface area contributed by atoms with E-state index in [0.29, 0.717) is 12.1 Å². The molecule has 2 heterocycles. The van der Waals surface area contributed by atoms with E-state index >= 15 is 0 Å². The monoisotopic (exact) mass is 267 g/mol. The van der Waals surface area contributed by atoms with Gasteiger partial charge in [0.15, 0.2) is 0 Å². The first kappa shape index (κ1) is 14.7. The van der Waals surface area contributed by atoms with Crippen molar-refractivity contribution < 1.29 is 9.53 Å². The molecule has 2 aliphatic heterocycles. The number of carbonyl (C=O) groups excluding carboxylic acids is 1. The molecule has 2 bridgehead atoms. The zero-order chi connectivity index (χ0) is 14.0. The summed E-state index contributed by atoms with van der Waals surface area (Å²) in [6.07, 6.45) is 8.59. The van der Waals surface area contributed by atoms with E-state index in [1.54, 1.807) is 0 Å². The van der Waals surface area contributed by atoms with Gasteiger partial charge < -0.3 is 9.64 Å². The highest BCUT2D eigenvalue weighted by Gasteiger charge is 2.44. The highest BCUT2D eigenvalue weighted by molar-refractivity contribution is 5.69. The Morgan fingerprint density at radius 2 is 1.79 bits per heavy atom. The Balaban J connectivity index is 1.93. The summed E-state index contributed by atoms with van der Waals surface area (Å²) in [5.74, 6) is 0.830. The van der Waals surface area contributed by atoms with Crippen LogP contribution in [0, 0.1) is 5.92 Å². The number of nitrogens with zero attached hydrogens (tertiary/aromatic N) is 1. The van der Waals surface area contributed by atoms with Crippen LogP contribution in [-0.4, -0.2) is 28.7 Å². The van der Waals surface area contributed by atoms with Crippen LogP contribution in [0.25, 0.3) is 0 Å². The topological polar surface area (TPSA) is 29.5 Å². The molecule has 0 N–H and O–H groups in total. The second kappa shape index (κ2) is 5.72. The molecule has 2 atom stereocenters. The van der Waals surface area contributed by atoms with Crippen LogP contribution in [0.5, 0.6) is 0 Å². The van der Waals surface area contributed by atoms with Crippen molar-refractivity contribution >= 4 is 6.09 Å². The standard InChI is InChI=1S/C16H29NO2/c1-5-6-7-12-10-13-8-9-14(11-12)17(13)15(18)19-16(2,3)4/h12-14H,5-11H2,1-4H3. The normalized spacial score (nSPS) is 30.5. The Labute approximate surface area is 117 Å². The molecule has 2 aliphatic rings. The minimum absolute atomic E-state index is 0.0889. The van der Waals surface area contributed by atoms with Crippen molar-refractivity contribution in [2.24, 2.45) is 5.92 Å². The first-order valence-corrected chi connectivity index (χ1v) is 7.92. The average Bonchev–Trinajstić information content (AvgIpc) is 2.56. The number of carbonyl (C=O) groups is 1. The van der Waals surface area contributed by atoms with Gasteiger partial charge in [0.2, 0.25) is 0 Å². The summed E-state index contributed by atoms with van der Waals surface area (Å²) in [5, 5.41) is 0.